The molecule has 0 bridgehead atoms. The molecule has 0 unspecified atom stereocenters. The zero-order valence-electron chi connectivity index (χ0n) is 15.7. The fourth-order valence-electron chi connectivity index (χ4n) is 3.42. The van der Waals surface area contributed by atoms with E-state index in [1.165, 1.54) is 30.7 Å². The maximum absolute atomic E-state index is 12.9. The minimum atomic E-state index is -2.55. The summed E-state index contributed by atoms with van der Waals surface area (Å²) in [5.41, 5.74) is 2.74. The molecule has 0 amide bonds. The average molecular weight is 359 g/mol. The molecule has 1 saturated carbocycles. The maximum atomic E-state index is 12.9. The number of rotatable bonds is 8. The molecule has 2 nitrogen and oxygen atoms in total. The second-order valence-electron chi connectivity index (χ2n) is 7.84. The molecular weight excluding hydrogens is 332 g/mol. The van der Waals surface area contributed by atoms with Crippen LogP contribution in [0.2, 0.25) is 0 Å². The lowest BCUT2D eigenvalue weighted by atomic mass is 9.99. The van der Waals surface area contributed by atoms with E-state index in [9.17, 15) is 8.78 Å². The number of hydrogen-bond donors (Lipinski definition) is 0. The molecule has 1 aromatic carbocycles. The predicted octanol–water partition coefficient (Wildman–Crippen LogP) is 6.62. The van der Waals surface area contributed by atoms with Gasteiger partial charge in [0.1, 0.15) is 11.4 Å². The zero-order chi connectivity index (χ0) is 18.7. The van der Waals surface area contributed by atoms with Crippen LogP contribution in [-0.4, -0.2) is 11.6 Å². The summed E-state index contributed by atoms with van der Waals surface area (Å²) in [6, 6.07) is 9.31. The highest BCUT2D eigenvalue weighted by molar-refractivity contribution is 5.66. The van der Waals surface area contributed by atoms with E-state index in [1.54, 1.807) is 6.07 Å². The topological polar surface area (TPSA) is 22.1 Å². The number of aromatic nitrogens is 1. The third-order valence-electron chi connectivity index (χ3n) is 4.76. The average Bonchev–Trinajstić information content (AvgIpc) is 3.44. The van der Waals surface area contributed by atoms with Crippen molar-refractivity contribution in [3.8, 4) is 16.9 Å². The number of nitrogens with zero attached hydrogens (tertiary/aromatic N) is 1. The lowest BCUT2D eigenvalue weighted by molar-refractivity contribution is 0.146. The Hall–Kier alpha value is -1.97. The molecule has 0 N–H and O–H groups in total. The van der Waals surface area contributed by atoms with Gasteiger partial charge in [-0.15, -0.1) is 0 Å². The summed E-state index contributed by atoms with van der Waals surface area (Å²) in [5.74, 6) is 2.64. The third-order valence-corrected chi connectivity index (χ3v) is 4.76. The largest absolute Gasteiger partial charge is 0.493 e. The Bertz CT molecular complexity index is 741. The SMILES string of the molecule is CC(C)C[C@H](C)COc1ccc(-c2ccnc(C(F)F)c2)cc1C1CC1. The molecule has 1 fully saturated rings. The number of alkyl halides is 2. The van der Waals surface area contributed by atoms with Crippen molar-refractivity contribution in [2.24, 2.45) is 11.8 Å². The number of pyridine rings is 1. The van der Waals surface area contributed by atoms with Gasteiger partial charge in [-0.2, -0.15) is 0 Å². The molecule has 4 heteroatoms. The van der Waals surface area contributed by atoms with Crippen molar-refractivity contribution in [3.63, 3.8) is 0 Å². The third kappa shape index (κ3) is 4.80. The zero-order valence-corrected chi connectivity index (χ0v) is 15.7. The van der Waals surface area contributed by atoms with Crippen LogP contribution < -0.4 is 4.74 Å². The normalized spacial score (nSPS) is 15.5. The fourth-order valence-corrected chi connectivity index (χ4v) is 3.42. The first-order valence-corrected chi connectivity index (χ1v) is 9.45. The molecule has 0 aliphatic heterocycles. The molecular formula is C22H27F2NO. The monoisotopic (exact) mass is 359 g/mol. The first-order chi connectivity index (χ1) is 12.4. The van der Waals surface area contributed by atoms with E-state index in [0.717, 1.165) is 23.3 Å². The molecule has 1 atom stereocenters. The van der Waals surface area contributed by atoms with E-state index in [4.69, 9.17) is 4.74 Å². The predicted molar refractivity (Wildman–Crippen MR) is 101 cm³/mol. The van der Waals surface area contributed by atoms with Gasteiger partial charge in [0.25, 0.3) is 6.43 Å². The molecule has 26 heavy (non-hydrogen) atoms. The van der Waals surface area contributed by atoms with Crippen molar-refractivity contribution < 1.29 is 13.5 Å². The van der Waals surface area contributed by atoms with Gasteiger partial charge in [0.15, 0.2) is 0 Å². The fraction of sp³-hybridized carbons (Fsp3) is 0.500. The minimum Gasteiger partial charge on any atom is -0.493 e. The van der Waals surface area contributed by atoms with Gasteiger partial charge in [-0.1, -0.05) is 26.8 Å². The Morgan fingerprint density at radius 1 is 1.08 bits per heavy atom. The van der Waals surface area contributed by atoms with Gasteiger partial charge in [0.05, 0.1) is 6.61 Å². The van der Waals surface area contributed by atoms with E-state index < -0.39 is 6.43 Å². The van der Waals surface area contributed by atoms with Crippen LogP contribution in [0.3, 0.4) is 0 Å². The quantitative estimate of drug-likeness (QED) is 0.528. The van der Waals surface area contributed by atoms with Crippen LogP contribution in [0, 0.1) is 11.8 Å². The van der Waals surface area contributed by atoms with Gasteiger partial charge >= 0.3 is 0 Å². The minimum absolute atomic E-state index is 0.182. The highest BCUT2D eigenvalue weighted by Gasteiger charge is 2.27. The van der Waals surface area contributed by atoms with Crippen LogP contribution in [0.4, 0.5) is 8.78 Å². The van der Waals surface area contributed by atoms with Gasteiger partial charge < -0.3 is 4.74 Å². The van der Waals surface area contributed by atoms with Gasteiger partial charge in [-0.3, -0.25) is 4.98 Å². The summed E-state index contributed by atoms with van der Waals surface area (Å²) >= 11 is 0. The van der Waals surface area contributed by atoms with Crippen LogP contribution in [0.5, 0.6) is 5.75 Å². The van der Waals surface area contributed by atoms with Crippen molar-refractivity contribution in [1.82, 2.24) is 4.98 Å². The summed E-state index contributed by atoms with van der Waals surface area (Å²) in [6.45, 7) is 7.38. The van der Waals surface area contributed by atoms with E-state index in [-0.39, 0.29) is 5.69 Å². The molecule has 140 valence electrons. The first-order valence-electron chi connectivity index (χ1n) is 9.45. The molecule has 0 spiro atoms. The van der Waals surface area contributed by atoms with Gasteiger partial charge in [-0.25, -0.2) is 8.78 Å². The molecule has 1 aliphatic carbocycles. The summed E-state index contributed by atoms with van der Waals surface area (Å²) < 4.78 is 32.0. The number of ether oxygens (including phenoxy) is 1. The number of halogens is 2. The van der Waals surface area contributed by atoms with Crippen LogP contribution >= 0.6 is 0 Å². The molecule has 3 rings (SSSR count). The van der Waals surface area contributed by atoms with Gasteiger partial charge in [-0.05, 0) is 78.0 Å². The highest BCUT2D eigenvalue weighted by Crippen LogP contribution is 2.45. The molecule has 1 heterocycles. The summed E-state index contributed by atoms with van der Waals surface area (Å²) in [5, 5.41) is 0. The Balaban J connectivity index is 1.80. The Labute approximate surface area is 154 Å². The van der Waals surface area contributed by atoms with Crippen LogP contribution in [0.15, 0.2) is 36.5 Å². The molecule has 0 saturated heterocycles. The molecule has 0 radical (unpaired) electrons. The van der Waals surface area contributed by atoms with Crippen LogP contribution in [-0.2, 0) is 0 Å². The summed E-state index contributed by atoms with van der Waals surface area (Å²) in [7, 11) is 0. The van der Waals surface area contributed by atoms with Gasteiger partial charge in [0, 0.05) is 6.20 Å². The van der Waals surface area contributed by atoms with Crippen molar-refractivity contribution in [2.75, 3.05) is 6.61 Å². The van der Waals surface area contributed by atoms with Gasteiger partial charge in [0.2, 0.25) is 0 Å². The maximum Gasteiger partial charge on any atom is 0.280 e. The van der Waals surface area contributed by atoms with E-state index >= 15 is 0 Å². The van der Waals surface area contributed by atoms with Crippen molar-refractivity contribution in [1.29, 1.82) is 0 Å². The second-order valence-corrected chi connectivity index (χ2v) is 7.84. The Kier molecular flexibility index (Phi) is 5.90. The highest BCUT2D eigenvalue weighted by atomic mass is 19.3. The summed E-state index contributed by atoms with van der Waals surface area (Å²) in [4.78, 5) is 3.75. The van der Waals surface area contributed by atoms with Crippen molar-refractivity contribution >= 4 is 0 Å². The number of hydrogen-bond acceptors (Lipinski definition) is 2. The second kappa shape index (κ2) is 8.15. The molecule has 1 aliphatic rings. The lowest BCUT2D eigenvalue weighted by Gasteiger charge is -2.18. The lowest BCUT2D eigenvalue weighted by Crippen LogP contribution is -2.11. The van der Waals surface area contributed by atoms with Crippen molar-refractivity contribution in [3.05, 3.63) is 47.8 Å². The Morgan fingerprint density at radius 2 is 1.81 bits per heavy atom. The standard InChI is InChI=1S/C22H27F2NO/c1-14(2)10-15(3)13-26-21-7-6-17(11-19(21)16-4-5-16)18-8-9-25-20(12-18)22(23)24/h6-9,11-12,14-16,22H,4-5,10,13H2,1-3H3/t15-/m0/s1. The molecule has 2 aromatic rings. The van der Waals surface area contributed by atoms with Crippen LogP contribution in [0.1, 0.15) is 63.6 Å². The first kappa shape index (κ1) is 18.8. The van der Waals surface area contributed by atoms with E-state index in [2.05, 4.69) is 31.8 Å². The van der Waals surface area contributed by atoms with Crippen molar-refractivity contribution in [2.45, 2.75) is 52.4 Å². The van der Waals surface area contributed by atoms with E-state index in [1.807, 2.05) is 12.1 Å². The Morgan fingerprint density at radius 3 is 2.46 bits per heavy atom. The smallest absolute Gasteiger partial charge is 0.280 e. The van der Waals surface area contributed by atoms with Crippen LogP contribution in [0.25, 0.3) is 11.1 Å². The number of benzene rings is 1. The van der Waals surface area contributed by atoms with E-state index in [0.29, 0.717) is 24.4 Å². The molecule has 1 aromatic heterocycles. The summed E-state index contributed by atoms with van der Waals surface area (Å²) in [6.07, 6.45) is 2.37.